The number of para-hydroxylation sites is 2. The molecule has 2 N–H and O–H groups in total. The highest BCUT2D eigenvalue weighted by molar-refractivity contribution is 6.30. The van der Waals surface area contributed by atoms with Crippen molar-refractivity contribution in [3.8, 4) is 0 Å². The van der Waals surface area contributed by atoms with E-state index >= 15 is 0 Å². The Morgan fingerprint density at radius 1 is 1.14 bits per heavy atom. The number of hydrogen-bond donors (Lipinski definition) is 2. The molecular formula is C19H18ClN3O6. The molecule has 0 spiro atoms. The highest BCUT2D eigenvalue weighted by Crippen LogP contribution is 2.23. The van der Waals surface area contributed by atoms with Crippen molar-refractivity contribution in [1.29, 1.82) is 0 Å². The van der Waals surface area contributed by atoms with E-state index in [2.05, 4.69) is 10.6 Å². The van der Waals surface area contributed by atoms with Crippen LogP contribution in [-0.2, 0) is 14.3 Å². The molecular weight excluding hydrogens is 402 g/mol. The number of rotatable bonds is 8. The summed E-state index contributed by atoms with van der Waals surface area (Å²) >= 11 is 5.75. The Morgan fingerprint density at radius 3 is 2.45 bits per heavy atom. The van der Waals surface area contributed by atoms with Crippen LogP contribution >= 0.6 is 11.6 Å². The third-order valence-electron chi connectivity index (χ3n) is 3.76. The molecule has 2 aromatic carbocycles. The van der Waals surface area contributed by atoms with Gasteiger partial charge in [0.1, 0.15) is 5.69 Å². The van der Waals surface area contributed by atoms with Gasteiger partial charge >= 0.3 is 5.97 Å². The number of nitrogens with one attached hydrogen (secondary N) is 2. The minimum Gasteiger partial charge on any atom is -0.452 e. The van der Waals surface area contributed by atoms with E-state index < -0.39 is 22.9 Å². The van der Waals surface area contributed by atoms with E-state index in [0.717, 1.165) is 0 Å². The number of hydrogen-bond acceptors (Lipinski definition) is 6. The van der Waals surface area contributed by atoms with Crippen molar-refractivity contribution in [2.24, 2.45) is 0 Å². The second kappa shape index (κ2) is 10.2. The van der Waals surface area contributed by atoms with E-state index in [4.69, 9.17) is 16.3 Å². The summed E-state index contributed by atoms with van der Waals surface area (Å²) in [5.41, 5.74) is 0.116. The lowest BCUT2D eigenvalue weighted by Crippen LogP contribution is -2.32. The Balaban J connectivity index is 1.79. The maximum atomic E-state index is 12.1. The molecule has 10 heteroatoms. The fraction of sp³-hybridized carbons (Fsp3) is 0.211. The molecule has 0 aliphatic heterocycles. The van der Waals surface area contributed by atoms with E-state index in [1.165, 1.54) is 31.2 Å². The number of nitrogens with zero attached hydrogens (tertiary/aromatic N) is 1. The van der Waals surface area contributed by atoms with Crippen LogP contribution in [0.4, 0.5) is 11.4 Å². The molecule has 0 aliphatic rings. The summed E-state index contributed by atoms with van der Waals surface area (Å²) in [6, 6.07) is 11.9. The number of benzene rings is 2. The fourth-order valence-electron chi connectivity index (χ4n) is 2.26. The Labute approximate surface area is 171 Å². The number of esters is 1. The van der Waals surface area contributed by atoms with E-state index in [0.29, 0.717) is 10.6 Å². The number of carbonyl (C=O) groups excluding carboxylic acids is 3. The maximum absolute atomic E-state index is 12.1. The molecule has 152 valence electrons. The van der Waals surface area contributed by atoms with Crippen molar-refractivity contribution >= 4 is 40.8 Å². The third kappa shape index (κ3) is 6.58. The van der Waals surface area contributed by atoms with Gasteiger partial charge in [0, 0.05) is 23.2 Å². The van der Waals surface area contributed by atoms with Crippen LogP contribution in [0.5, 0.6) is 0 Å². The summed E-state index contributed by atoms with van der Waals surface area (Å²) in [5, 5.41) is 16.4. The van der Waals surface area contributed by atoms with E-state index in [1.807, 2.05) is 0 Å². The minimum absolute atomic E-state index is 0.000580. The molecule has 0 aromatic heterocycles. The molecule has 0 aliphatic carbocycles. The minimum atomic E-state index is -1.17. The number of halogens is 1. The fourth-order valence-corrected chi connectivity index (χ4v) is 2.39. The molecule has 0 bridgehead atoms. The first kappa shape index (κ1) is 21.8. The van der Waals surface area contributed by atoms with Crippen LogP contribution in [0.1, 0.15) is 23.7 Å². The lowest BCUT2D eigenvalue weighted by molar-refractivity contribution is -0.383. The second-order valence-electron chi connectivity index (χ2n) is 5.91. The van der Waals surface area contributed by atoms with Gasteiger partial charge < -0.3 is 15.4 Å². The van der Waals surface area contributed by atoms with Crippen LogP contribution in [-0.4, -0.2) is 35.4 Å². The summed E-state index contributed by atoms with van der Waals surface area (Å²) < 4.78 is 5.00. The van der Waals surface area contributed by atoms with Gasteiger partial charge in [-0.1, -0.05) is 23.7 Å². The van der Waals surface area contributed by atoms with Crippen molar-refractivity contribution in [2.45, 2.75) is 19.4 Å². The average Bonchev–Trinajstić information content (AvgIpc) is 2.68. The van der Waals surface area contributed by atoms with Crippen LogP contribution in [0.15, 0.2) is 48.5 Å². The molecule has 0 heterocycles. The van der Waals surface area contributed by atoms with Crippen LogP contribution in [0.3, 0.4) is 0 Å². The molecule has 1 unspecified atom stereocenters. The molecule has 1 atom stereocenters. The normalized spacial score (nSPS) is 11.2. The summed E-state index contributed by atoms with van der Waals surface area (Å²) in [6.07, 6.45) is -1.32. The first-order chi connectivity index (χ1) is 13.8. The Kier molecular flexibility index (Phi) is 7.67. The van der Waals surface area contributed by atoms with Gasteiger partial charge in [-0.3, -0.25) is 24.5 Å². The zero-order valence-electron chi connectivity index (χ0n) is 15.4. The average molecular weight is 420 g/mol. The van der Waals surface area contributed by atoms with Gasteiger partial charge in [-0.05, 0) is 37.3 Å². The largest absolute Gasteiger partial charge is 0.452 e. The Bertz CT molecular complexity index is 916. The summed E-state index contributed by atoms with van der Waals surface area (Å²) in [6.45, 7) is 1.35. The summed E-state index contributed by atoms with van der Waals surface area (Å²) in [7, 11) is 0. The topological polar surface area (TPSA) is 128 Å². The molecule has 0 radical (unpaired) electrons. The first-order valence-electron chi connectivity index (χ1n) is 8.55. The zero-order valence-corrected chi connectivity index (χ0v) is 16.1. The van der Waals surface area contributed by atoms with Gasteiger partial charge in [-0.25, -0.2) is 0 Å². The maximum Gasteiger partial charge on any atom is 0.308 e. The van der Waals surface area contributed by atoms with E-state index in [-0.39, 0.29) is 30.2 Å². The van der Waals surface area contributed by atoms with Gasteiger partial charge in [-0.2, -0.15) is 0 Å². The zero-order chi connectivity index (χ0) is 21.4. The van der Waals surface area contributed by atoms with Crippen LogP contribution < -0.4 is 10.6 Å². The predicted molar refractivity (Wildman–Crippen MR) is 106 cm³/mol. The monoisotopic (exact) mass is 419 g/mol. The SMILES string of the molecule is CC(OC(=O)CCNC(=O)c1ccc(Cl)cc1)C(=O)Nc1ccccc1[N+](=O)[O-]. The molecule has 29 heavy (non-hydrogen) atoms. The third-order valence-corrected chi connectivity index (χ3v) is 4.01. The van der Waals surface area contributed by atoms with Gasteiger partial charge in [0.2, 0.25) is 0 Å². The second-order valence-corrected chi connectivity index (χ2v) is 6.34. The number of nitro groups is 1. The quantitative estimate of drug-likeness (QED) is 0.384. The Hall–Kier alpha value is -3.46. The van der Waals surface area contributed by atoms with Crippen molar-refractivity contribution in [3.63, 3.8) is 0 Å². The summed E-state index contributed by atoms with van der Waals surface area (Å²) in [5.74, 6) is -1.79. The predicted octanol–water partition coefficient (Wildman–Crippen LogP) is 2.94. The molecule has 2 rings (SSSR count). The van der Waals surface area contributed by atoms with Gasteiger partial charge in [0.05, 0.1) is 11.3 Å². The number of anilines is 1. The molecule has 2 aromatic rings. The first-order valence-corrected chi connectivity index (χ1v) is 8.93. The number of amides is 2. The lowest BCUT2D eigenvalue weighted by atomic mass is 10.2. The number of ether oxygens (including phenoxy) is 1. The van der Waals surface area contributed by atoms with Gasteiger partial charge in [0.25, 0.3) is 17.5 Å². The van der Waals surface area contributed by atoms with Crippen molar-refractivity contribution in [2.75, 3.05) is 11.9 Å². The summed E-state index contributed by atoms with van der Waals surface area (Å²) in [4.78, 5) is 46.3. The smallest absolute Gasteiger partial charge is 0.308 e. The molecule has 0 saturated heterocycles. The van der Waals surface area contributed by atoms with Crippen LogP contribution in [0.25, 0.3) is 0 Å². The van der Waals surface area contributed by atoms with Crippen molar-refractivity contribution in [1.82, 2.24) is 5.32 Å². The highest BCUT2D eigenvalue weighted by Gasteiger charge is 2.21. The van der Waals surface area contributed by atoms with Crippen LogP contribution in [0, 0.1) is 10.1 Å². The van der Waals surface area contributed by atoms with Crippen molar-refractivity contribution < 1.29 is 24.0 Å². The number of carbonyl (C=O) groups is 3. The number of nitro benzene ring substituents is 1. The van der Waals surface area contributed by atoms with E-state index in [9.17, 15) is 24.5 Å². The van der Waals surface area contributed by atoms with Gasteiger partial charge in [0.15, 0.2) is 6.10 Å². The van der Waals surface area contributed by atoms with Crippen molar-refractivity contribution in [3.05, 3.63) is 69.2 Å². The molecule has 0 saturated carbocycles. The van der Waals surface area contributed by atoms with Crippen LogP contribution in [0.2, 0.25) is 5.02 Å². The van der Waals surface area contributed by atoms with Gasteiger partial charge in [-0.15, -0.1) is 0 Å². The highest BCUT2D eigenvalue weighted by atomic mass is 35.5. The molecule has 0 fully saturated rings. The standard InChI is InChI=1S/C19H18ClN3O6/c1-12(18(25)22-15-4-2-3-5-16(15)23(27)28)29-17(24)10-11-21-19(26)13-6-8-14(20)9-7-13/h2-9,12H,10-11H2,1H3,(H,21,26)(H,22,25). The lowest BCUT2D eigenvalue weighted by Gasteiger charge is -2.14. The molecule has 9 nitrogen and oxygen atoms in total. The molecule has 2 amide bonds. The Morgan fingerprint density at radius 2 is 1.79 bits per heavy atom. The van der Waals surface area contributed by atoms with E-state index in [1.54, 1.807) is 24.3 Å².